The molecule has 1 aromatic carbocycles. The molecule has 0 saturated heterocycles. The molecule has 0 aliphatic carbocycles. The Balaban J connectivity index is 2.28. The van der Waals surface area contributed by atoms with Gasteiger partial charge in [0.1, 0.15) is 5.82 Å². The summed E-state index contributed by atoms with van der Waals surface area (Å²) in [7, 11) is 0. The first-order valence-electron chi connectivity index (χ1n) is 6.03. The Hall–Kier alpha value is -1.83. The fourth-order valence-electron chi connectivity index (χ4n) is 1.76. The number of H-pyrrole nitrogens is 1. The number of nitrogens with zero attached hydrogens (tertiary/aromatic N) is 1. The molecule has 0 unspecified atom stereocenters. The lowest BCUT2D eigenvalue weighted by Crippen LogP contribution is -2.15. The summed E-state index contributed by atoms with van der Waals surface area (Å²) in [6, 6.07) is 3.32. The van der Waals surface area contributed by atoms with Crippen LogP contribution in [0, 0.1) is 0 Å². The van der Waals surface area contributed by atoms with Gasteiger partial charge in [0.25, 0.3) is 5.91 Å². The molecule has 2 N–H and O–H groups in total. The lowest BCUT2D eigenvalue weighted by molar-refractivity contribution is -0.138. The van der Waals surface area contributed by atoms with Crippen molar-refractivity contribution in [1.29, 1.82) is 0 Å². The predicted molar refractivity (Wildman–Crippen MR) is 75.1 cm³/mol. The molecule has 1 heterocycles. The number of anilines is 1. The van der Waals surface area contributed by atoms with Gasteiger partial charge in [-0.3, -0.25) is 9.89 Å². The topological polar surface area (TPSA) is 57.8 Å². The highest BCUT2D eigenvalue weighted by molar-refractivity contribution is 9.10. The van der Waals surface area contributed by atoms with Gasteiger partial charge in [0, 0.05) is 15.6 Å². The van der Waals surface area contributed by atoms with E-state index < -0.39 is 17.6 Å². The molecule has 0 aliphatic rings. The normalized spacial score (nSPS) is 11.5. The maximum absolute atomic E-state index is 12.8. The standard InChI is InChI=1S/C13H11BrF3N3O/c1-2-7-6-18-20-11(7)19-12(21)8-3-4-10(14)9(5-8)13(15,16)17/h3-6H,2H2,1H3,(H2,18,19,20,21). The van der Waals surface area contributed by atoms with Crippen LogP contribution in [0.5, 0.6) is 0 Å². The number of aromatic amines is 1. The number of aryl methyl sites for hydroxylation is 1. The molecule has 0 spiro atoms. The number of halogens is 4. The van der Waals surface area contributed by atoms with Crippen molar-refractivity contribution in [2.45, 2.75) is 19.5 Å². The summed E-state index contributed by atoms with van der Waals surface area (Å²) in [5.41, 5.74) is -0.200. The van der Waals surface area contributed by atoms with Crippen LogP contribution in [0.3, 0.4) is 0 Å². The van der Waals surface area contributed by atoms with E-state index in [1.54, 1.807) is 6.20 Å². The Morgan fingerprint density at radius 1 is 1.43 bits per heavy atom. The summed E-state index contributed by atoms with van der Waals surface area (Å²) < 4.78 is 38.3. The Labute approximate surface area is 126 Å². The summed E-state index contributed by atoms with van der Waals surface area (Å²) in [6.07, 6.45) is -2.34. The largest absolute Gasteiger partial charge is 0.417 e. The number of benzene rings is 1. The van der Waals surface area contributed by atoms with E-state index in [0.29, 0.717) is 12.2 Å². The van der Waals surface area contributed by atoms with Crippen molar-refractivity contribution in [3.05, 3.63) is 45.6 Å². The first-order chi connectivity index (χ1) is 9.82. The van der Waals surface area contributed by atoms with E-state index in [2.05, 4.69) is 31.4 Å². The summed E-state index contributed by atoms with van der Waals surface area (Å²) in [5.74, 6) is -0.245. The van der Waals surface area contributed by atoms with Gasteiger partial charge in [-0.05, 0) is 24.6 Å². The van der Waals surface area contributed by atoms with Crippen molar-refractivity contribution < 1.29 is 18.0 Å². The molecule has 0 bridgehead atoms. The molecule has 0 aliphatic heterocycles. The van der Waals surface area contributed by atoms with E-state index in [4.69, 9.17) is 0 Å². The summed E-state index contributed by atoms with van der Waals surface area (Å²) >= 11 is 2.83. The van der Waals surface area contributed by atoms with Gasteiger partial charge >= 0.3 is 6.18 Å². The van der Waals surface area contributed by atoms with Crippen molar-refractivity contribution in [3.63, 3.8) is 0 Å². The van der Waals surface area contributed by atoms with Crippen molar-refractivity contribution in [3.8, 4) is 0 Å². The molecular weight excluding hydrogens is 351 g/mol. The van der Waals surface area contributed by atoms with Crippen LogP contribution >= 0.6 is 15.9 Å². The number of aromatic nitrogens is 2. The van der Waals surface area contributed by atoms with Crippen molar-refractivity contribution in [1.82, 2.24) is 10.2 Å². The average Bonchev–Trinajstić information content (AvgIpc) is 2.85. The van der Waals surface area contributed by atoms with Crippen LogP contribution < -0.4 is 5.32 Å². The van der Waals surface area contributed by atoms with Crippen LogP contribution in [0.2, 0.25) is 0 Å². The first kappa shape index (κ1) is 15.6. The predicted octanol–water partition coefficient (Wildman–Crippen LogP) is 4.01. The molecule has 0 fully saturated rings. The molecule has 1 aromatic heterocycles. The minimum Gasteiger partial charge on any atom is -0.307 e. The van der Waals surface area contributed by atoms with Crippen molar-refractivity contribution in [2.75, 3.05) is 5.32 Å². The van der Waals surface area contributed by atoms with Gasteiger partial charge in [0.15, 0.2) is 0 Å². The zero-order valence-corrected chi connectivity index (χ0v) is 12.5. The molecule has 1 amide bonds. The first-order valence-corrected chi connectivity index (χ1v) is 6.82. The fraction of sp³-hybridized carbons (Fsp3) is 0.231. The van der Waals surface area contributed by atoms with E-state index in [0.717, 1.165) is 11.6 Å². The molecule has 2 aromatic rings. The van der Waals surface area contributed by atoms with Crippen LogP contribution in [-0.4, -0.2) is 16.1 Å². The second kappa shape index (κ2) is 5.88. The summed E-state index contributed by atoms with van der Waals surface area (Å²) in [5, 5.41) is 8.90. The van der Waals surface area contributed by atoms with E-state index in [9.17, 15) is 18.0 Å². The van der Waals surface area contributed by atoms with Gasteiger partial charge in [-0.2, -0.15) is 18.3 Å². The second-order valence-electron chi connectivity index (χ2n) is 4.27. The number of hydrogen-bond acceptors (Lipinski definition) is 2. The lowest BCUT2D eigenvalue weighted by Gasteiger charge is -2.11. The quantitative estimate of drug-likeness (QED) is 0.867. The van der Waals surface area contributed by atoms with Crippen LogP contribution in [-0.2, 0) is 12.6 Å². The smallest absolute Gasteiger partial charge is 0.307 e. The third-order valence-electron chi connectivity index (χ3n) is 2.87. The average molecular weight is 362 g/mol. The number of rotatable bonds is 3. The zero-order valence-electron chi connectivity index (χ0n) is 10.9. The monoisotopic (exact) mass is 361 g/mol. The van der Waals surface area contributed by atoms with Crippen LogP contribution in [0.25, 0.3) is 0 Å². The highest BCUT2D eigenvalue weighted by Crippen LogP contribution is 2.35. The minimum atomic E-state index is -4.53. The van der Waals surface area contributed by atoms with Gasteiger partial charge in [-0.1, -0.05) is 22.9 Å². The Kier molecular flexibility index (Phi) is 4.36. The maximum atomic E-state index is 12.8. The molecule has 21 heavy (non-hydrogen) atoms. The van der Waals surface area contributed by atoms with Gasteiger partial charge in [0.2, 0.25) is 0 Å². The zero-order chi connectivity index (χ0) is 15.6. The molecule has 8 heteroatoms. The van der Waals surface area contributed by atoms with E-state index in [1.165, 1.54) is 12.1 Å². The van der Waals surface area contributed by atoms with E-state index in [-0.39, 0.29) is 10.0 Å². The highest BCUT2D eigenvalue weighted by Gasteiger charge is 2.33. The number of nitrogens with one attached hydrogen (secondary N) is 2. The Morgan fingerprint density at radius 3 is 2.76 bits per heavy atom. The van der Waals surface area contributed by atoms with E-state index >= 15 is 0 Å². The molecule has 0 radical (unpaired) electrons. The van der Waals surface area contributed by atoms with E-state index in [1.807, 2.05) is 6.92 Å². The second-order valence-corrected chi connectivity index (χ2v) is 5.12. The number of alkyl halides is 3. The molecule has 2 rings (SSSR count). The van der Waals surface area contributed by atoms with Crippen molar-refractivity contribution in [2.24, 2.45) is 0 Å². The summed E-state index contributed by atoms with van der Waals surface area (Å²) in [4.78, 5) is 12.0. The molecule has 0 saturated carbocycles. The van der Waals surface area contributed by atoms with Gasteiger partial charge in [-0.25, -0.2) is 0 Å². The number of hydrogen-bond donors (Lipinski definition) is 2. The Bertz CT molecular complexity index is 667. The third-order valence-corrected chi connectivity index (χ3v) is 3.56. The van der Waals surface area contributed by atoms with Crippen LogP contribution in [0.15, 0.2) is 28.9 Å². The SMILES string of the molecule is CCc1cn[nH]c1NC(=O)c1ccc(Br)c(C(F)(F)F)c1. The third kappa shape index (κ3) is 3.44. The summed E-state index contributed by atoms with van der Waals surface area (Å²) in [6.45, 7) is 1.88. The van der Waals surface area contributed by atoms with Gasteiger partial charge < -0.3 is 5.32 Å². The fourth-order valence-corrected chi connectivity index (χ4v) is 2.23. The maximum Gasteiger partial charge on any atom is 0.417 e. The number of amides is 1. The van der Waals surface area contributed by atoms with Crippen molar-refractivity contribution >= 4 is 27.7 Å². The highest BCUT2D eigenvalue weighted by atomic mass is 79.9. The number of carbonyl (C=O) groups excluding carboxylic acids is 1. The molecule has 112 valence electrons. The minimum absolute atomic E-state index is 0.0813. The molecule has 0 atom stereocenters. The Morgan fingerprint density at radius 2 is 2.14 bits per heavy atom. The molecule has 4 nitrogen and oxygen atoms in total. The lowest BCUT2D eigenvalue weighted by atomic mass is 10.1. The van der Waals surface area contributed by atoms with Gasteiger partial charge in [0.05, 0.1) is 11.8 Å². The number of carbonyl (C=O) groups is 1. The van der Waals surface area contributed by atoms with Gasteiger partial charge in [-0.15, -0.1) is 0 Å². The molecular formula is C13H11BrF3N3O. The van der Waals surface area contributed by atoms with Crippen LogP contribution in [0.4, 0.5) is 19.0 Å². The van der Waals surface area contributed by atoms with Crippen LogP contribution in [0.1, 0.15) is 28.4 Å².